The van der Waals surface area contributed by atoms with E-state index in [2.05, 4.69) is 4.98 Å². The van der Waals surface area contributed by atoms with Crippen LogP contribution in [0.25, 0.3) is 0 Å². The third-order valence-electron chi connectivity index (χ3n) is 4.09. The lowest BCUT2D eigenvalue weighted by Crippen LogP contribution is -2.28. The molecule has 4 N–H and O–H groups in total. The summed E-state index contributed by atoms with van der Waals surface area (Å²) in [5.74, 6) is -1.19. The van der Waals surface area contributed by atoms with E-state index in [-0.39, 0.29) is 5.92 Å². The summed E-state index contributed by atoms with van der Waals surface area (Å²) in [6.45, 7) is 0. The Kier molecular flexibility index (Phi) is 4.57. The number of rotatable bonds is 5. The van der Waals surface area contributed by atoms with Gasteiger partial charge in [0.25, 0.3) is 0 Å². The van der Waals surface area contributed by atoms with Gasteiger partial charge in [-0.15, -0.1) is 0 Å². The molecule has 3 aromatic rings. The van der Waals surface area contributed by atoms with Crippen LogP contribution in [0, 0.1) is 0 Å². The number of benzene rings is 2. The summed E-state index contributed by atoms with van der Waals surface area (Å²) in [6, 6.07) is 23.3. The van der Waals surface area contributed by atoms with Crippen molar-refractivity contribution < 1.29 is 4.79 Å². The van der Waals surface area contributed by atoms with Gasteiger partial charge in [-0.2, -0.15) is 0 Å². The van der Waals surface area contributed by atoms with E-state index in [9.17, 15) is 4.79 Å². The van der Waals surface area contributed by atoms with Crippen LogP contribution in [0.5, 0.6) is 0 Å². The number of aromatic nitrogens is 1. The van der Waals surface area contributed by atoms with Crippen LogP contribution in [0.2, 0.25) is 0 Å². The highest BCUT2D eigenvalue weighted by molar-refractivity contribution is 5.83. The van der Waals surface area contributed by atoms with Gasteiger partial charge in [-0.05, 0) is 23.3 Å². The lowest BCUT2D eigenvalue weighted by molar-refractivity contribution is -0.119. The summed E-state index contributed by atoms with van der Waals surface area (Å²) in [6.07, 6.45) is 1.55. The summed E-state index contributed by atoms with van der Waals surface area (Å²) in [4.78, 5) is 16.7. The van der Waals surface area contributed by atoms with E-state index in [1.807, 2.05) is 60.7 Å². The van der Waals surface area contributed by atoms with E-state index in [4.69, 9.17) is 11.5 Å². The summed E-state index contributed by atoms with van der Waals surface area (Å²) in [5, 5.41) is 0. The van der Waals surface area contributed by atoms with Crippen LogP contribution >= 0.6 is 0 Å². The number of amides is 1. The van der Waals surface area contributed by atoms with Crippen molar-refractivity contribution in [1.82, 2.24) is 4.98 Å². The summed E-state index contributed by atoms with van der Waals surface area (Å²) in [5.41, 5.74) is 14.7. The number of pyridine rings is 1. The van der Waals surface area contributed by atoms with Crippen LogP contribution in [-0.4, -0.2) is 10.9 Å². The van der Waals surface area contributed by atoms with Gasteiger partial charge in [0, 0.05) is 5.92 Å². The summed E-state index contributed by atoms with van der Waals surface area (Å²) < 4.78 is 0. The number of carbonyl (C=O) groups is 1. The minimum absolute atomic E-state index is 0.207. The molecular formula is C20H19N3O. The van der Waals surface area contributed by atoms with Crippen molar-refractivity contribution in [3.05, 3.63) is 95.8 Å². The van der Waals surface area contributed by atoms with Crippen molar-refractivity contribution in [1.29, 1.82) is 0 Å². The number of carbonyl (C=O) groups excluding carboxylic acids is 1. The van der Waals surface area contributed by atoms with Crippen LogP contribution in [0.15, 0.2) is 79.0 Å². The SMILES string of the molecule is NC(=O)C(c1ccc(N)cn1)C(c1ccccc1)c1ccccc1. The fraction of sp³-hybridized carbons (Fsp3) is 0.100. The number of nitrogens with zero attached hydrogens (tertiary/aromatic N) is 1. The van der Waals surface area contributed by atoms with Gasteiger partial charge in [-0.3, -0.25) is 9.78 Å². The second-order valence-electron chi connectivity index (χ2n) is 5.70. The summed E-state index contributed by atoms with van der Waals surface area (Å²) in [7, 11) is 0. The molecule has 0 aliphatic heterocycles. The van der Waals surface area contributed by atoms with Gasteiger partial charge in [-0.25, -0.2) is 0 Å². The van der Waals surface area contributed by atoms with Gasteiger partial charge in [0.15, 0.2) is 0 Å². The number of hydrogen-bond donors (Lipinski definition) is 2. The van der Waals surface area contributed by atoms with Crippen LogP contribution in [0.4, 0.5) is 5.69 Å². The lowest BCUT2D eigenvalue weighted by Gasteiger charge is -2.25. The monoisotopic (exact) mass is 317 g/mol. The molecule has 0 fully saturated rings. The molecule has 2 aromatic carbocycles. The van der Waals surface area contributed by atoms with Crippen molar-refractivity contribution in [2.75, 3.05) is 5.73 Å². The summed E-state index contributed by atoms with van der Waals surface area (Å²) >= 11 is 0. The molecule has 0 radical (unpaired) electrons. The van der Waals surface area contributed by atoms with Gasteiger partial charge >= 0.3 is 0 Å². The molecule has 4 heteroatoms. The molecule has 3 rings (SSSR count). The smallest absolute Gasteiger partial charge is 0.227 e. The molecule has 0 saturated heterocycles. The molecule has 1 amide bonds. The highest BCUT2D eigenvalue weighted by atomic mass is 16.1. The van der Waals surface area contributed by atoms with Crippen LogP contribution in [0.1, 0.15) is 28.7 Å². The predicted molar refractivity (Wildman–Crippen MR) is 95.3 cm³/mol. The van der Waals surface area contributed by atoms with Crippen molar-refractivity contribution in [2.45, 2.75) is 11.8 Å². The molecular weight excluding hydrogens is 298 g/mol. The molecule has 0 spiro atoms. The normalized spacial score (nSPS) is 12.0. The quantitative estimate of drug-likeness (QED) is 0.758. The Morgan fingerprint density at radius 2 is 1.38 bits per heavy atom. The second kappa shape index (κ2) is 6.96. The van der Waals surface area contributed by atoms with Crippen molar-refractivity contribution in [2.24, 2.45) is 5.73 Å². The standard InChI is InChI=1S/C20H19N3O/c21-16-11-12-17(23-13-16)19(20(22)24)18(14-7-3-1-4-8-14)15-9-5-2-6-10-15/h1-13,18-19H,21H2,(H2,22,24). The van der Waals surface area contributed by atoms with Crippen molar-refractivity contribution in [3.63, 3.8) is 0 Å². The van der Waals surface area contributed by atoms with Gasteiger partial charge in [0.05, 0.1) is 23.5 Å². The van der Waals surface area contributed by atoms with Crippen LogP contribution in [-0.2, 0) is 4.79 Å². The predicted octanol–water partition coefficient (Wildman–Crippen LogP) is 3.06. The molecule has 0 aliphatic rings. The molecule has 0 saturated carbocycles. The van der Waals surface area contributed by atoms with Gasteiger partial charge < -0.3 is 11.5 Å². The minimum Gasteiger partial charge on any atom is -0.397 e. The second-order valence-corrected chi connectivity index (χ2v) is 5.70. The Morgan fingerprint density at radius 1 is 0.833 bits per heavy atom. The third kappa shape index (κ3) is 3.27. The van der Waals surface area contributed by atoms with E-state index < -0.39 is 11.8 Å². The average Bonchev–Trinajstić information content (AvgIpc) is 2.62. The first-order valence-corrected chi connectivity index (χ1v) is 7.77. The maximum Gasteiger partial charge on any atom is 0.227 e. The van der Waals surface area contributed by atoms with Crippen LogP contribution < -0.4 is 11.5 Å². The fourth-order valence-corrected chi connectivity index (χ4v) is 2.98. The Morgan fingerprint density at radius 3 is 1.79 bits per heavy atom. The van der Waals surface area contributed by atoms with E-state index >= 15 is 0 Å². The molecule has 1 atom stereocenters. The average molecular weight is 317 g/mol. The maximum atomic E-state index is 12.3. The number of nitrogens with two attached hydrogens (primary N) is 2. The van der Waals surface area contributed by atoms with E-state index in [0.29, 0.717) is 11.4 Å². The van der Waals surface area contributed by atoms with Crippen molar-refractivity contribution in [3.8, 4) is 0 Å². The van der Waals surface area contributed by atoms with Gasteiger partial charge in [-0.1, -0.05) is 60.7 Å². The zero-order valence-electron chi connectivity index (χ0n) is 13.2. The van der Waals surface area contributed by atoms with Crippen molar-refractivity contribution >= 4 is 11.6 Å². The first-order valence-electron chi connectivity index (χ1n) is 7.77. The van der Waals surface area contributed by atoms with E-state index in [1.165, 1.54) is 0 Å². The van der Waals surface area contributed by atoms with Gasteiger partial charge in [0.1, 0.15) is 0 Å². The van der Waals surface area contributed by atoms with E-state index in [1.54, 1.807) is 18.3 Å². The number of primary amides is 1. The molecule has 120 valence electrons. The number of hydrogen-bond acceptors (Lipinski definition) is 3. The Balaban J connectivity index is 2.15. The number of anilines is 1. The highest BCUT2D eigenvalue weighted by Gasteiger charge is 2.31. The van der Waals surface area contributed by atoms with Crippen LogP contribution in [0.3, 0.4) is 0 Å². The maximum absolute atomic E-state index is 12.3. The number of nitrogen functional groups attached to an aromatic ring is 1. The first kappa shape index (κ1) is 15.7. The zero-order chi connectivity index (χ0) is 16.9. The molecule has 1 unspecified atom stereocenters. The molecule has 0 bridgehead atoms. The Bertz CT molecular complexity index is 762. The Labute approximate surface area is 141 Å². The molecule has 4 nitrogen and oxygen atoms in total. The van der Waals surface area contributed by atoms with E-state index in [0.717, 1.165) is 11.1 Å². The Hall–Kier alpha value is -3.14. The lowest BCUT2D eigenvalue weighted by atomic mass is 9.78. The first-order chi connectivity index (χ1) is 11.7. The highest BCUT2D eigenvalue weighted by Crippen LogP contribution is 2.37. The fourth-order valence-electron chi connectivity index (χ4n) is 2.98. The minimum atomic E-state index is -0.574. The zero-order valence-corrected chi connectivity index (χ0v) is 13.2. The van der Waals surface area contributed by atoms with Gasteiger partial charge in [0.2, 0.25) is 5.91 Å². The topological polar surface area (TPSA) is 82.0 Å². The molecule has 1 heterocycles. The molecule has 24 heavy (non-hydrogen) atoms. The molecule has 1 aromatic heterocycles. The third-order valence-corrected chi connectivity index (χ3v) is 4.09. The largest absolute Gasteiger partial charge is 0.397 e. The molecule has 0 aliphatic carbocycles.